The Labute approximate surface area is 70.6 Å². The van der Waals surface area contributed by atoms with Crippen LogP contribution in [0.15, 0.2) is 30.5 Å². The molecule has 62 valence electrons. The summed E-state index contributed by atoms with van der Waals surface area (Å²) in [4.78, 5) is 6.33. The van der Waals surface area contributed by atoms with Gasteiger partial charge in [0, 0.05) is 18.4 Å². The SMILES string of the molecule is NCc1ccc(-c2ccc[nH]2)[nH]1. The van der Waals surface area contributed by atoms with E-state index in [-0.39, 0.29) is 0 Å². The van der Waals surface area contributed by atoms with E-state index in [2.05, 4.69) is 9.97 Å². The first kappa shape index (κ1) is 7.18. The Hall–Kier alpha value is -1.48. The van der Waals surface area contributed by atoms with Crippen molar-refractivity contribution >= 4 is 0 Å². The highest BCUT2D eigenvalue weighted by Crippen LogP contribution is 2.15. The molecule has 0 saturated heterocycles. The zero-order valence-corrected chi connectivity index (χ0v) is 6.67. The molecule has 0 radical (unpaired) electrons. The maximum atomic E-state index is 5.48. The minimum atomic E-state index is 0.556. The normalized spacial score (nSPS) is 10.4. The van der Waals surface area contributed by atoms with Gasteiger partial charge in [-0.15, -0.1) is 0 Å². The highest BCUT2D eigenvalue weighted by Gasteiger charge is 1.99. The van der Waals surface area contributed by atoms with Crippen LogP contribution in [-0.4, -0.2) is 9.97 Å². The quantitative estimate of drug-likeness (QED) is 0.613. The van der Waals surface area contributed by atoms with Gasteiger partial charge in [-0.3, -0.25) is 0 Å². The third kappa shape index (κ3) is 1.14. The zero-order valence-electron chi connectivity index (χ0n) is 6.67. The molecule has 0 atom stereocenters. The molecule has 12 heavy (non-hydrogen) atoms. The fourth-order valence-corrected chi connectivity index (χ4v) is 1.21. The summed E-state index contributed by atoms with van der Waals surface area (Å²) in [6.45, 7) is 0.556. The van der Waals surface area contributed by atoms with Gasteiger partial charge in [0.25, 0.3) is 0 Å². The Balaban J connectivity index is 2.35. The lowest BCUT2D eigenvalue weighted by molar-refractivity contribution is 1.01. The van der Waals surface area contributed by atoms with Crippen molar-refractivity contribution in [3.05, 3.63) is 36.2 Å². The van der Waals surface area contributed by atoms with Crippen LogP contribution < -0.4 is 5.73 Å². The first-order chi connectivity index (χ1) is 5.90. The van der Waals surface area contributed by atoms with E-state index in [1.54, 1.807) is 0 Å². The van der Waals surface area contributed by atoms with Crippen LogP contribution in [-0.2, 0) is 6.54 Å². The minimum absolute atomic E-state index is 0.556. The predicted molar refractivity (Wildman–Crippen MR) is 48.5 cm³/mol. The highest BCUT2D eigenvalue weighted by atomic mass is 14.8. The van der Waals surface area contributed by atoms with E-state index in [4.69, 9.17) is 5.73 Å². The monoisotopic (exact) mass is 161 g/mol. The fraction of sp³-hybridized carbons (Fsp3) is 0.111. The summed E-state index contributed by atoms with van der Waals surface area (Å²) in [5.74, 6) is 0. The van der Waals surface area contributed by atoms with Crippen molar-refractivity contribution in [3.63, 3.8) is 0 Å². The molecule has 3 nitrogen and oxygen atoms in total. The van der Waals surface area contributed by atoms with Gasteiger partial charge >= 0.3 is 0 Å². The van der Waals surface area contributed by atoms with Crippen molar-refractivity contribution in [1.82, 2.24) is 9.97 Å². The summed E-state index contributed by atoms with van der Waals surface area (Å²) in [7, 11) is 0. The molecular formula is C9H11N3. The van der Waals surface area contributed by atoms with Crippen LogP contribution in [0, 0.1) is 0 Å². The van der Waals surface area contributed by atoms with E-state index in [1.807, 2.05) is 30.5 Å². The molecule has 0 saturated carbocycles. The molecule has 0 aliphatic rings. The van der Waals surface area contributed by atoms with Crippen molar-refractivity contribution in [2.45, 2.75) is 6.54 Å². The summed E-state index contributed by atoms with van der Waals surface area (Å²) < 4.78 is 0. The van der Waals surface area contributed by atoms with Crippen LogP contribution in [0.5, 0.6) is 0 Å². The smallest absolute Gasteiger partial charge is 0.0621 e. The lowest BCUT2D eigenvalue weighted by Gasteiger charge is -1.92. The van der Waals surface area contributed by atoms with E-state index >= 15 is 0 Å². The van der Waals surface area contributed by atoms with E-state index < -0.39 is 0 Å². The van der Waals surface area contributed by atoms with Gasteiger partial charge in [0.15, 0.2) is 0 Å². The number of hydrogen-bond acceptors (Lipinski definition) is 1. The molecule has 2 rings (SSSR count). The largest absolute Gasteiger partial charge is 0.360 e. The highest BCUT2D eigenvalue weighted by molar-refractivity contribution is 5.54. The topological polar surface area (TPSA) is 57.6 Å². The Kier molecular flexibility index (Phi) is 1.72. The number of rotatable bonds is 2. The van der Waals surface area contributed by atoms with Gasteiger partial charge < -0.3 is 15.7 Å². The molecule has 3 heteroatoms. The van der Waals surface area contributed by atoms with Gasteiger partial charge in [0.05, 0.1) is 11.4 Å². The lowest BCUT2D eigenvalue weighted by atomic mass is 10.3. The number of H-pyrrole nitrogens is 2. The Morgan fingerprint density at radius 1 is 1.17 bits per heavy atom. The third-order valence-corrected chi connectivity index (χ3v) is 1.85. The van der Waals surface area contributed by atoms with Crippen molar-refractivity contribution in [1.29, 1.82) is 0 Å². The molecule has 0 aliphatic carbocycles. The molecule has 0 fully saturated rings. The van der Waals surface area contributed by atoms with Crippen LogP contribution >= 0.6 is 0 Å². The Bertz CT molecular complexity index is 345. The summed E-state index contributed by atoms with van der Waals surface area (Å²) in [5, 5.41) is 0. The molecule has 0 amide bonds. The first-order valence-corrected chi connectivity index (χ1v) is 3.92. The van der Waals surface area contributed by atoms with Crippen molar-refractivity contribution in [2.24, 2.45) is 5.73 Å². The van der Waals surface area contributed by atoms with E-state index in [9.17, 15) is 0 Å². The Morgan fingerprint density at radius 3 is 2.67 bits per heavy atom. The number of hydrogen-bond donors (Lipinski definition) is 3. The molecular weight excluding hydrogens is 150 g/mol. The average molecular weight is 161 g/mol. The molecule has 0 bridgehead atoms. The van der Waals surface area contributed by atoms with Gasteiger partial charge in [-0.25, -0.2) is 0 Å². The summed E-state index contributed by atoms with van der Waals surface area (Å²) in [5.41, 5.74) is 8.71. The van der Waals surface area contributed by atoms with Crippen LogP contribution in [0.3, 0.4) is 0 Å². The average Bonchev–Trinajstić information content (AvgIpc) is 2.75. The molecule has 0 spiro atoms. The maximum Gasteiger partial charge on any atom is 0.0621 e. The van der Waals surface area contributed by atoms with Gasteiger partial charge in [-0.1, -0.05) is 0 Å². The van der Waals surface area contributed by atoms with E-state index in [1.165, 1.54) is 0 Å². The van der Waals surface area contributed by atoms with Crippen molar-refractivity contribution in [2.75, 3.05) is 0 Å². The van der Waals surface area contributed by atoms with Gasteiger partial charge in [-0.2, -0.15) is 0 Å². The van der Waals surface area contributed by atoms with Crippen molar-refractivity contribution in [3.8, 4) is 11.4 Å². The van der Waals surface area contributed by atoms with Gasteiger partial charge in [-0.05, 0) is 24.3 Å². The molecule has 0 unspecified atom stereocenters. The third-order valence-electron chi connectivity index (χ3n) is 1.85. The van der Waals surface area contributed by atoms with Crippen LogP contribution in [0.4, 0.5) is 0 Å². The van der Waals surface area contributed by atoms with E-state index in [0.717, 1.165) is 17.1 Å². The van der Waals surface area contributed by atoms with Crippen LogP contribution in [0.1, 0.15) is 5.69 Å². The number of aromatic nitrogens is 2. The van der Waals surface area contributed by atoms with Gasteiger partial charge in [0.1, 0.15) is 0 Å². The second kappa shape index (κ2) is 2.87. The summed E-state index contributed by atoms with van der Waals surface area (Å²) in [6.07, 6.45) is 1.90. The summed E-state index contributed by atoms with van der Waals surface area (Å²) in [6, 6.07) is 8.01. The summed E-state index contributed by atoms with van der Waals surface area (Å²) >= 11 is 0. The lowest BCUT2D eigenvalue weighted by Crippen LogP contribution is -1.95. The number of nitrogens with two attached hydrogens (primary N) is 1. The van der Waals surface area contributed by atoms with Crippen LogP contribution in [0.2, 0.25) is 0 Å². The second-order valence-corrected chi connectivity index (χ2v) is 2.69. The molecule has 0 aliphatic heterocycles. The maximum absolute atomic E-state index is 5.48. The predicted octanol–water partition coefficient (Wildman–Crippen LogP) is 1.47. The van der Waals surface area contributed by atoms with Crippen molar-refractivity contribution < 1.29 is 0 Å². The first-order valence-electron chi connectivity index (χ1n) is 3.92. The zero-order chi connectivity index (χ0) is 8.39. The molecule has 2 aromatic rings. The second-order valence-electron chi connectivity index (χ2n) is 2.69. The number of nitrogens with one attached hydrogen (secondary N) is 2. The van der Waals surface area contributed by atoms with E-state index in [0.29, 0.717) is 6.54 Å². The number of aromatic amines is 2. The minimum Gasteiger partial charge on any atom is -0.360 e. The van der Waals surface area contributed by atoms with Gasteiger partial charge in [0.2, 0.25) is 0 Å². The molecule has 0 aromatic carbocycles. The standard InChI is InChI=1S/C9H11N3/c10-6-7-3-4-9(12-7)8-2-1-5-11-8/h1-5,11-12H,6,10H2. The van der Waals surface area contributed by atoms with Crippen LogP contribution in [0.25, 0.3) is 11.4 Å². The molecule has 4 N–H and O–H groups in total. The molecule has 2 aromatic heterocycles. The molecule has 2 heterocycles. The fourth-order valence-electron chi connectivity index (χ4n) is 1.21. The Morgan fingerprint density at radius 2 is 2.08 bits per heavy atom.